The molecule has 0 amide bonds. The van der Waals surface area contributed by atoms with Gasteiger partial charge in [0.2, 0.25) is 0 Å². The Bertz CT molecular complexity index is 578. The van der Waals surface area contributed by atoms with Crippen molar-refractivity contribution < 1.29 is 4.74 Å². The third-order valence-electron chi connectivity index (χ3n) is 3.60. The molecule has 2 nitrogen and oxygen atoms in total. The minimum Gasteiger partial charge on any atom is -0.457 e. The molecule has 0 saturated heterocycles. The van der Waals surface area contributed by atoms with Crippen molar-refractivity contribution in [1.82, 2.24) is 5.32 Å². The predicted octanol–water partition coefficient (Wildman–Crippen LogP) is 4.85. The zero-order valence-electron chi connectivity index (χ0n) is 13.3. The molecule has 0 atom stereocenters. The first-order valence-corrected chi connectivity index (χ1v) is 7.80. The van der Waals surface area contributed by atoms with E-state index in [4.69, 9.17) is 4.74 Å². The van der Waals surface area contributed by atoms with Crippen LogP contribution in [0.1, 0.15) is 37.0 Å². The molecule has 0 aliphatic carbocycles. The molecular weight excluding hydrogens is 258 g/mol. The molecular formula is C19H25NO. The number of hydrogen-bond donors (Lipinski definition) is 1. The lowest BCUT2D eigenvalue weighted by molar-refractivity contribution is 0.481. The molecule has 0 unspecified atom stereocenters. The maximum atomic E-state index is 5.96. The minimum absolute atomic E-state index is 0.903. The molecule has 0 radical (unpaired) electrons. The van der Waals surface area contributed by atoms with Crippen molar-refractivity contribution in [2.75, 3.05) is 6.54 Å². The summed E-state index contributed by atoms with van der Waals surface area (Å²) in [5.74, 6) is 1.81. The van der Waals surface area contributed by atoms with E-state index in [9.17, 15) is 0 Å². The van der Waals surface area contributed by atoms with Crippen LogP contribution >= 0.6 is 0 Å². The summed E-state index contributed by atoms with van der Waals surface area (Å²) in [6.45, 7) is 8.45. The molecule has 0 bridgehead atoms. The third kappa shape index (κ3) is 4.61. The highest BCUT2D eigenvalue weighted by atomic mass is 16.5. The monoisotopic (exact) mass is 283 g/mol. The third-order valence-corrected chi connectivity index (χ3v) is 3.60. The van der Waals surface area contributed by atoms with Crippen LogP contribution in [-0.2, 0) is 13.0 Å². The Labute approximate surface area is 128 Å². The Kier molecular flexibility index (Phi) is 5.82. The van der Waals surface area contributed by atoms with Crippen molar-refractivity contribution in [2.45, 2.75) is 40.2 Å². The van der Waals surface area contributed by atoms with Gasteiger partial charge in [0.05, 0.1) is 0 Å². The maximum absolute atomic E-state index is 5.96. The molecule has 2 rings (SSSR count). The normalized spacial score (nSPS) is 10.6. The van der Waals surface area contributed by atoms with Gasteiger partial charge in [-0.2, -0.15) is 0 Å². The summed E-state index contributed by atoms with van der Waals surface area (Å²) in [6, 6.07) is 14.6. The van der Waals surface area contributed by atoms with Crippen molar-refractivity contribution in [3.05, 3.63) is 59.2 Å². The molecule has 0 fully saturated rings. The molecule has 0 aliphatic rings. The first-order valence-electron chi connectivity index (χ1n) is 7.80. The fourth-order valence-corrected chi connectivity index (χ4v) is 2.30. The maximum Gasteiger partial charge on any atom is 0.127 e. The summed E-state index contributed by atoms with van der Waals surface area (Å²) in [4.78, 5) is 0. The van der Waals surface area contributed by atoms with E-state index >= 15 is 0 Å². The topological polar surface area (TPSA) is 21.3 Å². The van der Waals surface area contributed by atoms with Crippen LogP contribution in [0.2, 0.25) is 0 Å². The SMILES string of the molecule is CCCNCc1ccc(Oc2cccc(CC)c2)cc1C. The Hall–Kier alpha value is -1.80. The molecule has 21 heavy (non-hydrogen) atoms. The zero-order chi connectivity index (χ0) is 15.1. The lowest BCUT2D eigenvalue weighted by Crippen LogP contribution is -2.14. The largest absolute Gasteiger partial charge is 0.457 e. The van der Waals surface area contributed by atoms with Crippen LogP contribution in [0.4, 0.5) is 0 Å². The van der Waals surface area contributed by atoms with E-state index in [0.29, 0.717) is 0 Å². The second-order valence-corrected chi connectivity index (χ2v) is 5.37. The summed E-state index contributed by atoms with van der Waals surface area (Å²) in [5.41, 5.74) is 3.89. The Morgan fingerprint density at radius 2 is 1.81 bits per heavy atom. The van der Waals surface area contributed by atoms with E-state index in [1.165, 1.54) is 16.7 Å². The van der Waals surface area contributed by atoms with Crippen molar-refractivity contribution in [2.24, 2.45) is 0 Å². The van der Waals surface area contributed by atoms with Crippen molar-refractivity contribution in [3.63, 3.8) is 0 Å². The fourth-order valence-electron chi connectivity index (χ4n) is 2.30. The molecule has 0 aliphatic heterocycles. The van der Waals surface area contributed by atoms with Crippen LogP contribution in [0.3, 0.4) is 0 Å². The van der Waals surface area contributed by atoms with Crippen LogP contribution in [0.25, 0.3) is 0 Å². The lowest BCUT2D eigenvalue weighted by Gasteiger charge is -2.11. The summed E-state index contributed by atoms with van der Waals surface area (Å²) >= 11 is 0. The van der Waals surface area contributed by atoms with Gasteiger partial charge in [-0.1, -0.05) is 32.0 Å². The second-order valence-electron chi connectivity index (χ2n) is 5.37. The van der Waals surface area contributed by atoms with Crippen molar-refractivity contribution in [3.8, 4) is 11.5 Å². The molecule has 2 heteroatoms. The van der Waals surface area contributed by atoms with Gasteiger partial charge in [0, 0.05) is 6.54 Å². The minimum atomic E-state index is 0.903. The first-order chi connectivity index (χ1) is 10.2. The summed E-state index contributed by atoms with van der Waals surface area (Å²) < 4.78 is 5.96. The summed E-state index contributed by atoms with van der Waals surface area (Å²) in [6.07, 6.45) is 2.19. The molecule has 0 spiro atoms. The summed E-state index contributed by atoms with van der Waals surface area (Å²) in [5, 5.41) is 3.44. The van der Waals surface area contributed by atoms with Crippen LogP contribution in [0, 0.1) is 6.92 Å². The molecule has 0 saturated carbocycles. The molecule has 1 N–H and O–H groups in total. The van der Waals surface area contributed by atoms with E-state index in [-0.39, 0.29) is 0 Å². The van der Waals surface area contributed by atoms with Gasteiger partial charge in [-0.25, -0.2) is 0 Å². The van der Waals surface area contributed by atoms with Crippen LogP contribution in [0.15, 0.2) is 42.5 Å². The number of aryl methyl sites for hydroxylation is 2. The predicted molar refractivity (Wildman–Crippen MR) is 89.1 cm³/mol. The number of hydrogen-bond acceptors (Lipinski definition) is 2. The average molecular weight is 283 g/mol. The van der Waals surface area contributed by atoms with Gasteiger partial charge in [-0.3, -0.25) is 0 Å². The van der Waals surface area contributed by atoms with Gasteiger partial charge in [0.25, 0.3) is 0 Å². The molecule has 0 aromatic heterocycles. The van der Waals surface area contributed by atoms with Gasteiger partial charge in [0.1, 0.15) is 11.5 Å². The van der Waals surface area contributed by atoms with E-state index in [0.717, 1.165) is 37.4 Å². The smallest absolute Gasteiger partial charge is 0.127 e. The van der Waals surface area contributed by atoms with Crippen LogP contribution < -0.4 is 10.1 Å². The first kappa shape index (κ1) is 15.6. The van der Waals surface area contributed by atoms with Gasteiger partial charge in [0.15, 0.2) is 0 Å². The average Bonchev–Trinajstić information content (AvgIpc) is 2.50. The van der Waals surface area contributed by atoms with Crippen molar-refractivity contribution >= 4 is 0 Å². The van der Waals surface area contributed by atoms with Crippen molar-refractivity contribution in [1.29, 1.82) is 0 Å². The molecule has 2 aromatic rings. The lowest BCUT2D eigenvalue weighted by atomic mass is 10.1. The number of benzene rings is 2. The van der Waals surface area contributed by atoms with Crippen LogP contribution in [-0.4, -0.2) is 6.54 Å². The highest BCUT2D eigenvalue weighted by Gasteiger charge is 2.03. The van der Waals surface area contributed by atoms with E-state index in [1.807, 2.05) is 12.1 Å². The molecule has 2 aromatic carbocycles. The zero-order valence-corrected chi connectivity index (χ0v) is 13.3. The van der Waals surface area contributed by atoms with Gasteiger partial charge >= 0.3 is 0 Å². The Morgan fingerprint density at radius 3 is 2.52 bits per heavy atom. The number of ether oxygens (including phenoxy) is 1. The Morgan fingerprint density at radius 1 is 1.00 bits per heavy atom. The standard InChI is InChI=1S/C19H25NO/c1-4-11-20-14-17-9-10-19(12-15(17)3)21-18-8-6-7-16(5-2)13-18/h6-10,12-13,20H,4-5,11,14H2,1-3H3. The van der Waals surface area contributed by atoms with E-state index in [2.05, 4.69) is 56.4 Å². The number of nitrogens with one attached hydrogen (secondary N) is 1. The van der Waals surface area contributed by atoms with E-state index < -0.39 is 0 Å². The highest BCUT2D eigenvalue weighted by Crippen LogP contribution is 2.24. The van der Waals surface area contributed by atoms with Gasteiger partial charge < -0.3 is 10.1 Å². The van der Waals surface area contributed by atoms with Gasteiger partial charge in [-0.15, -0.1) is 0 Å². The molecule has 0 heterocycles. The highest BCUT2D eigenvalue weighted by molar-refractivity contribution is 5.38. The van der Waals surface area contributed by atoms with Gasteiger partial charge in [-0.05, 0) is 67.3 Å². The molecule has 112 valence electrons. The van der Waals surface area contributed by atoms with E-state index in [1.54, 1.807) is 0 Å². The quantitative estimate of drug-likeness (QED) is 0.733. The number of rotatable bonds is 7. The van der Waals surface area contributed by atoms with Crippen LogP contribution in [0.5, 0.6) is 11.5 Å². The Balaban J connectivity index is 2.05. The summed E-state index contributed by atoms with van der Waals surface area (Å²) in [7, 11) is 0. The fraction of sp³-hybridized carbons (Fsp3) is 0.368. The second kappa shape index (κ2) is 7.84.